The van der Waals surface area contributed by atoms with Gasteiger partial charge in [-0.15, -0.1) is 0 Å². The first-order valence-corrected chi connectivity index (χ1v) is 5.72. The number of rotatable bonds is 8. The van der Waals surface area contributed by atoms with Crippen molar-refractivity contribution in [3.63, 3.8) is 0 Å². The maximum absolute atomic E-state index is 10.0. The molecule has 1 N–H and O–H groups in total. The lowest BCUT2D eigenvalue weighted by molar-refractivity contribution is -0.110. The fourth-order valence-corrected chi connectivity index (χ4v) is 1.12. The molecule has 0 unspecified atom stereocenters. The van der Waals surface area contributed by atoms with Crippen LogP contribution in [0.5, 0.6) is 0 Å². The lowest BCUT2D eigenvalue weighted by Crippen LogP contribution is -2.31. The van der Waals surface area contributed by atoms with Gasteiger partial charge >= 0.3 is 0 Å². The van der Waals surface area contributed by atoms with Gasteiger partial charge in [-0.25, -0.2) is 0 Å². The molecule has 0 bridgehead atoms. The molecule has 0 rings (SSSR count). The minimum atomic E-state index is -0.212. The van der Waals surface area contributed by atoms with Gasteiger partial charge < -0.3 is 14.8 Å². The predicted molar refractivity (Wildman–Crippen MR) is 64.4 cm³/mol. The van der Waals surface area contributed by atoms with Crippen LogP contribution in [0.3, 0.4) is 0 Å². The molecule has 0 saturated heterocycles. The second-order valence-corrected chi connectivity index (χ2v) is 5.39. The van der Waals surface area contributed by atoms with Crippen LogP contribution in [0, 0.1) is 0 Å². The molecule has 0 radical (unpaired) electrons. The molecule has 4 nitrogen and oxygen atoms in total. The molecule has 4 heteroatoms. The van der Waals surface area contributed by atoms with Crippen LogP contribution in [0.25, 0.3) is 0 Å². The zero-order valence-electron chi connectivity index (χ0n) is 11.1. The van der Waals surface area contributed by atoms with E-state index in [0.717, 1.165) is 6.42 Å². The molecule has 0 spiro atoms. The molecule has 0 aromatic rings. The van der Waals surface area contributed by atoms with Crippen LogP contribution >= 0.6 is 0 Å². The highest BCUT2D eigenvalue weighted by atomic mass is 16.5. The summed E-state index contributed by atoms with van der Waals surface area (Å²) in [5.41, 5.74) is -0.315. The highest BCUT2D eigenvalue weighted by Crippen LogP contribution is 2.16. The Bertz CT molecular complexity index is 197. The van der Waals surface area contributed by atoms with E-state index in [1.807, 2.05) is 34.6 Å². The van der Waals surface area contributed by atoms with E-state index in [0.29, 0.717) is 26.2 Å². The van der Waals surface area contributed by atoms with Crippen molar-refractivity contribution in [2.24, 2.45) is 0 Å². The third-order valence-corrected chi connectivity index (χ3v) is 2.06. The van der Waals surface area contributed by atoms with E-state index < -0.39 is 0 Å². The smallest absolute Gasteiger partial charge is 0.207 e. The van der Waals surface area contributed by atoms with Crippen LogP contribution in [0.2, 0.25) is 0 Å². The number of carbonyl (C=O) groups is 1. The van der Waals surface area contributed by atoms with Gasteiger partial charge in [-0.3, -0.25) is 4.79 Å². The highest BCUT2D eigenvalue weighted by molar-refractivity contribution is 5.45. The lowest BCUT2D eigenvalue weighted by atomic mass is 10.1. The fraction of sp³-hybridized carbons (Fsp3) is 0.917. The van der Waals surface area contributed by atoms with E-state index in [4.69, 9.17) is 9.47 Å². The average molecular weight is 231 g/mol. The summed E-state index contributed by atoms with van der Waals surface area (Å²) >= 11 is 0. The minimum Gasteiger partial charge on any atom is -0.376 e. The SMILES string of the molecule is CC(C)(C)OCCC(C)(C)OCCNC=O. The molecule has 96 valence electrons. The number of nitrogens with one attached hydrogen (secondary N) is 1. The monoisotopic (exact) mass is 231 g/mol. The van der Waals surface area contributed by atoms with E-state index in [1.54, 1.807) is 0 Å². The summed E-state index contributed by atoms with van der Waals surface area (Å²) in [5.74, 6) is 0. The Labute approximate surface area is 98.7 Å². The molecule has 0 saturated carbocycles. The van der Waals surface area contributed by atoms with Crippen molar-refractivity contribution in [3.05, 3.63) is 0 Å². The van der Waals surface area contributed by atoms with Crippen molar-refractivity contribution in [1.29, 1.82) is 0 Å². The van der Waals surface area contributed by atoms with Crippen molar-refractivity contribution in [1.82, 2.24) is 5.32 Å². The van der Waals surface area contributed by atoms with Crippen LogP contribution in [-0.4, -0.2) is 37.4 Å². The van der Waals surface area contributed by atoms with Crippen molar-refractivity contribution in [2.45, 2.75) is 52.2 Å². The summed E-state index contributed by atoms with van der Waals surface area (Å²) in [4.78, 5) is 10.0. The zero-order chi connectivity index (χ0) is 12.7. The van der Waals surface area contributed by atoms with Gasteiger partial charge in [0.1, 0.15) is 0 Å². The first kappa shape index (κ1) is 15.4. The largest absolute Gasteiger partial charge is 0.376 e. The summed E-state index contributed by atoms with van der Waals surface area (Å²) < 4.78 is 11.3. The average Bonchev–Trinajstić information content (AvgIpc) is 2.10. The first-order chi connectivity index (χ1) is 7.27. The Kier molecular flexibility index (Phi) is 6.60. The Hall–Kier alpha value is -0.610. The van der Waals surface area contributed by atoms with Gasteiger partial charge in [-0.05, 0) is 41.0 Å². The standard InChI is InChI=1S/C12H25NO3/c1-11(2,3)15-8-6-12(4,5)16-9-7-13-10-14/h10H,6-9H2,1-5H3,(H,13,14). The van der Waals surface area contributed by atoms with Gasteiger partial charge in [0.05, 0.1) is 17.8 Å². The fourth-order valence-electron chi connectivity index (χ4n) is 1.12. The summed E-state index contributed by atoms with van der Waals surface area (Å²) in [6, 6.07) is 0. The van der Waals surface area contributed by atoms with Crippen molar-refractivity contribution in [2.75, 3.05) is 19.8 Å². The van der Waals surface area contributed by atoms with Gasteiger partial charge in [-0.2, -0.15) is 0 Å². The van der Waals surface area contributed by atoms with Crippen molar-refractivity contribution < 1.29 is 14.3 Å². The van der Waals surface area contributed by atoms with Gasteiger partial charge in [0.2, 0.25) is 6.41 Å². The number of hydrogen-bond donors (Lipinski definition) is 1. The van der Waals surface area contributed by atoms with Crippen LogP contribution < -0.4 is 5.32 Å². The molecule has 1 amide bonds. The van der Waals surface area contributed by atoms with Crippen LogP contribution in [0.1, 0.15) is 41.0 Å². The first-order valence-electron chi connectivity index (χ1n) is 5.72. The Morgan fingerprint density at radius 3 is 2.19 bits per heavy atom. The van der Waals surface area contributed by atoms with Crippen LogP contribution in [0.4, 0.5) is 0 Å². The Balaban J connectivity index is 3.65. The molecule has 0 aromatic heterocycles. The van der Waals surface area contributed by atoms with Crippen molar-refractivity contribution >= 4 is 6.41 Å². The maximum Gasteiger partial charge on any atom is 0.207 e. The molecule has 16 heavy (non-hydrogen) atoms. The molecule has 0 atom stereocenters. The quantitative estimate of drug-likeness (QED) is 0.511. The second kappa shape index (κ2) is 6.86. The van der Waals surface area contributed by atoms with Crippen molar-refractivity contribution in [3.8, 4) is 0 Å². The lowest BCUT2D eigenvalue weighted by Gasteiger charge is -2.27. The molecular formula is C12H25NO3. The number of amides is 1. The molecule has 0 aliphatic heterocycles. The molecule has 0 heterocycles. The molecule has 0 fully saturated rings. The Morgan fingerprint density at radius 2 is 1.69 bits per heavy atom. The van der Waals surface area contributed by atoms with Crippen LogP contribution in [0.15, 0.2) is 0 Å². The summed E-state index contributed by atoms with van der Waals surface area (Å²) in [6.45, 7) is 11.9. The second-order valence-electron chi connectivity index (χ2n) is 5.39. The normalized spacial score (nSPS) is 12.6. The Morgan fingerprint density at radius 1 is 1.06 bits per heavy atom. The zero-order valence-corrected chi connectivity index (χ0v) is 11.1. The van der Waals surface area contributed by atoms with E-state index in [9.17, 15) is 4.79 Å². The summed E-state index contributed by atoms with van der Waals surface area (Å²) in [5, 5.41) is 2.56. The van der Waals surface area contributed by atoms with Gasteiger partial charge in [0.25, 0.3) is 0 Å². The highest BCUT2D eigenvalue weighted by Gasteiger charge is 2.19. The number of ether oxygens (including phenoxy) is 2. The van der Waals surface area contributed by atoms with E-state index >= 15 is 0 Å². The maximum atomic E-state index is 10.0. The van der Waals surface area contributed by atoms with E-state index in [-0.39, 0.29) is 11.2 Å². The van der Waals surface area contributed by atoms with Crippen LogP contribution in [-0.2, 0) is 14.3 Å². The molecule has 0 aliphatic rings. The molecule has 0 aromatic carbocycles. The minimum absolute atomic E-state index is 0.102. The third-order valence-electron chi connectivity index (χ3n) is 2.06. The molecular weight excluding hydrogens is 206 g/mol. The van der Waals surface area contributed by atoms with E-state index in [1.165, 1.54) is 0 Å². The third kappa shape index (κ3) is 9.93. The summed E-state index contributed by atoms with van der Waals surface area (Å²) in [7, 11) is 0. The van der Waals surface area contributed by atoms with Gasteiger partial charge in [0.15, 0.2) is 0 Å². The van der Waals surface area contributed by atoms with Gasteiger partial charge in [-0.1, -0.05) is 0 Å². The predicted octanol–water partition coefficient (Wildman–Crippen LogP) is 1.73. The van der Waals surface area contributed by atoms with Gasteiger partial charge in [0, 0.05) is 13.2 Å². The summed E-state index contributed by atoms with van der Waals surface area (Å²) in [6.07, 6.45) is 1.52. The molecule has 0 aliphatic carbocycles. The number of hydrogen-bond acceptors (Lipinski definition) is 3. The number of carbonyl (C=O) groups excluding carboxylic acids is 1. The van der Waals surface area contributed by atoms with E-state index in [2.05, 4.69) is 5.32 Å². The topological polar surface area (TPSA) is 47.6 Å².